The Balaban J connectivity index is 1.32. The predicted molar refractivity (Wildman–Crippen MR) is 109 cm³/mol. The highest BCUT2D eigenvalue weighted by Crippen LogP contribution is 2.27. The molecular formula is C21H18Cl2N2O3. The van der Waals surface area contributed by atoms with Crippen molar-refractivity contribution < 1.29 is 14.3 Å². The number of benzene rings is 2. The number of aromatic nitrogens is 1. The van der Waals surface area contributed by atoms with Gasteiger partial charge in [0.1, 0.15) is 11.9 Å². The number of amides is 1. The number of nitrogens with zero attached hydrogens (tertiary/aromatic N) is 2. The van der Waals surface area contributed by atoms with Crippen molar-refractivity contribution in [1.29, 1.82) is 0 Å². The van der Waals surface area contributed by atoms with Crippen LogP contribution >= 0.6 is 23.2 Å². The Kier molecular flexibility index (Phi) is 5.55. The van der Waals surface area contributed by atoms with Crippen LogP contribution in [0.2, 0.25) is 10.0 Å². The Morgan fingerprint density at radius 1 is 1.14 bits per heavy atom. The van der Waals surface area contributed by atoms with Crippen molar-refractivity contribution in [3.8, 4) is 11.6 Å². The molecule has 1 aliphatic rings. The van der Waals surface area contributed by atoms with Gasteiger partial charge in [-0.25, -0.2) is 4.98 Å². The third-order valence-corrected chi connectivity index (χ3v) is 5.13. The van der Waals surface area contributed by atoms with Crippen LogP contribution in [0.1, 0.15) is 6.42 Å². The maximum Gasteiger partial charge on any atom is 0.260 e. The molecule has 1 aliphatic heterocycles. The van der Waals surface area contributed by atoms with E-state index in [4.69, 9.17) is 32.7 Å². The van der Waals surface area contributed by atoms with Crippen LogP contribution in [0.25, 0.3) is 10.9 Å². The van der Waals surface area contributed by atoms with Gasteiger partial charge in [-0.1, -0.05) is 41.4 Å². The molecule has 0 spiro atoms. The van der Waals surface area contributed by atoms with E-state index in [0.29, 0.717) is 34.8 Å². The van der Waals surface area contributed by atoms with E-state index < -0.39 is 0 Å². The maximum absolute atomic E-state index is 12.4. The number of hydrogen-bond donors (Lipinski definition) is 0. The van der Waals surface area contributed by atoms with E-state index in [-0.39, 0.29) is 18.6 Å². The predicted octanol–water partition coefficient (Wildman–Crippen LogP) is 4.60. The van der Waals surface area contributed by atoms with Crippen LogP contribution in [0.4, 0.5) is 0 Å². The molecule has 3 aromatic rings. The minimum atomic E-state index is -0.108. The van der Waals surface area contributed by atoms with Crippen molar-refractivity contribution >= 4 is 40.0 Å². The summed E-state index contributed by atoms with van der Waals surface area (Å²) in [5, 5.41) is 1.96. The van der Waals surface area contributed by atoms with Gasteiger partial charge >= 0.3 is 0 Å². The molecule has 2 aromatic carbocycles. The minimum absolute atomic E-state index is 0.0811. The number of hydrogen-bond acceptors (Lipinski definition) is 4. The summed E-state index contributed by atoms with van der Waals surface area (Å²) in [7, 11) is 0. The smallest absolute Gasteiger partial charge is 0.260 e. The quantitative estimate of drug-likeness (QED) is 0.609. The normalized spacial score (nSPS) is 16.4. The van der Waals surface area contributed by atoms with Gasteiger partial charge in [0.25, 0.3) is 5.91 Å². The highest BCUT2D eigenvalue weighted by molar-refractivity contribution is 6.35. The van der Waals surface area contributed by atoms with E-state index in [9.17, 15) is 4.79 Å². The lowest BCUT2D eigenvalue weighted by Gasteiger charge is -2.17. The lowest BCUT2D eigenvalue weighted by Crippen LogP contribution is -2.34. The Labute approximate surface area is 172 Å². The standard InChI is InChI=1S/C21H18Cl2N2O3/c22-15-6-7-19(17(23)11-15)27-13-21(26)25-10-9-16(12-25)28-20-8-5-14-3-1-2-4-18(14)24-20/h1-8,11,16H,9-10,12-13H2. The van der Waals surface area contributed by atoms with Crippen LogP contribution in [-0.2, 0) is 4.79 Å². The molecule has 5 nitrogen and oxygen atoms in total. The van der Waals surface area contributed by atoms with Gasteiger partial charge in [0, 0.05) is 29.4 Å². The molecule has 4 rings (SSSR count). The van der Waals surface area contributed by atoms with E-state index in [1.807, 2.05) is 36.4 Å². The second kappa shape index (κ2) is 8.25. The number of carbonyl (C=O) groups excluding carboxylic acids is 1. The van der Waals surface area contributed by atoms with E-state index in [1.54, 1.807) is 23.1 Å². The number of likely N-dealkylation sites (tertiary alicyclic amines) is 1. The van der Waals surface area contributed by atoms with Gasteiger partial charge in [-0.05, 0) is 30.3 Å². The minimum Gasteiger partial charge on any atom is -0.482 e. The average molecular weight is 417 g/mol. The van der Waals surface area contributed by atoms with Gasteiger partial charge in [0.2, 0.25) is 5.88 Å². The lowest BCUT2D eigenvalue weighted by molar-refractivity contribution is -0.132. The summed E-state index contributed by atoms with van der Waals surface area (Å²) >= 11 is 11.9. The summed E-state index contributed by atoms with van der Waals surface area (Å²) < 4.78 is 11.5. The fourth-order valence-corrected chi connectivity index (χ4v) is 3.62. The first-order chi connectivity index (χ1) is 13.6. The molecule has 28 heavy (non-hydrogen) atoms. The summed E-state index contributed by atoms with van der Waals surface area (Å²) in [5.74, 6) is 0.901. The fraction of sp³-hybridized carbons (Fsp3) is 0.238. The van der Waals surface area contributed by atoms with Gasteiger partial charge in [-0.3, -0.25) is 4.79 Å². The van der Waals surface area contributed by atoms with Crippen molar-refractivity contribution in [3.05, 3.63) is 64.6 Å². The first-order valence-corrected chi connectivity index (χ1v) is 9.72. The third-order valence-electron chi connectivity index (χ3n) is 4.60. The summed E-state index contributed by atoms with van der Waals surface area (Å²) in [5.41, 5.74) is 0.888. The Morgan fingerprint density at radius 3 is 2.86 bits per heavy atom. The van der Waals surface area contributed by atoms with Crippen molar-refractivity contribution in [2.75, 3.05) is 19.7 Å². The van der Waals surface area contributed by atoms with Crippen molar-refractivity contribution in [2.24, 2.45) is 0 Å². The van der Waals surface area contributed by atoms with Crippen molar-refractivity contribution in [2.45, 2.75) is 12.5 Å². The second-order valence-electron chi connectivity index (χ2n) is 6.57. The van der Waals surface area contributed by atoms with Gasteiger partial charge in [0.15, 0.2) is 6.61 Å². The highest BCUT2D eigenvalue weighted by Gasteiger charge is 2.28. The number of carbonyl (C=O) groups is 1. The molecule has 1 aromatic heterocycles. The highest BCUT2D eigenvalue weighted by atomic mass is 35.5. The molecule has 0 saturated carbocycles. The number of pyridine rings is 1. The Hall–Kier alpha value is -2.50. The molecule has 2 heterocycles. The van der Waals surface area contributed by atoms with Crippen LogP contribution < -0.4 is 9.47 Å². The summed E-state index contributed by atoms with van der Waals surface area (Å²) in [6.07, 6.45) is 0.666. The van der Waals surface area contributed by atoms with Crippen LogP contribution in [0.3, 0.4) is 0 Å². The number of ether oxygens (including phenoxy) is 2. The summed E-state index contributed by atoms with van der Waals surface area (Å²) in [6.45, 7) is 1.04. The molecule has 7 heteroatoms. The molecular weight excluding hydrogens is 399 g/mol. The largest absolute Gasteiger partial charge is 0.482 e. The van der Waals surface area contributed by atoms with Crippen LogP contribution in [-0.4, -0.2) is 41.6 Å². The monoisotopic (exact) mass is 416 g/mol. The fourth-order valence-electron chi connectivity index (χ4n) is 3.16. The van der Waals surface area contributed by atoms with Crippen molar-refractivity contribution in [3.63, 3.8) is 0 Å². The number of fused-ring (bicyclic) bond motifs is 1. The summed E-state index contributed by atoms with van der Waals surface area (Å²) in [6, 6.07) is 16.6. The van der Waals surface area contributed by atoms with E-state index in [0.717, 1.165) is 17.3 Å². The number of para-hydroxylation sites is 1. The zero-order valence-electron chi connectivity index (χ0n) is 15.0. The van der Waals surface area contributed by atoms with Crippen LogP contribution in [0.5, 0.6) is 11.6 Å². The lowest BCUT2D eigenvalue weighted by atomic mass is 10.2. The summed E-state index contributed by atoms with van der Waals surface area (Å²) in [4.78, 5) is 18.7. The molecule has 144 valence electrons. The van der Waals surface area contributed by atoms with Gasteiger partial charge in [-0.2, -0.15) is 0 Å². The molecule has 0 radical (unpaired) electrons. The molecule has 1 atom stereocenters. The molecule has 0 bridgehead atoms. The second-order valence-corrected chi connectivity index (χ2v) is 7.42. The van der Waals surface area contributed by atoms with Crippen LogP contribution in [0, 0.1) is 0 Å². The molecule has 1 unspecified atom stereocenters. The molecule has 1 saturated heterocycles. The zero-order valence-corrected chi connectivity index (χ0v) is 16.5. The van der Waals surface area contributed by atoms with Crippen molar-refractivity contribution in [1.82, 2.24) is 9.88 Å². The van der Waals surface area contributed by atoms with E-state index in [1.165, 1.54) is 0 Å². The maximum atomic E-state index is 12.4. The molecule has 0 aliphatic carbocycles. The Bertz CT molecular complexity index is 1010. The average Bonchev–Trinajstić information content (AvgIpc) is 3.15. The van der Waals surface area contributed by atoms with E-state index in [2.05, 4.69) is 4.98 Å². The van der Waals surface area contributed by atoms with Gasteiger partial charge in [0.05, 0.1) is 17.1 Å². The first kappa shape index (κ1) is 18.8. The number of rotatable bonds is 5. The number of halogens is 2. The first-order valence-electron chi connectivity index (χ1n) is 8.96. The molecule has 1 fully saturated rings. The molecule has 0 N–H and O–H groups in total. The topological polar surface area (TPSA) is 51.7 Å². The van der Waals surface area contributed by atoms with E-state index >= 15 is 0 Å². The van der Waals surface area contributed by atoms with Crippen LogP contribution in [0.15, 0.2) is 54.6 Å². The van der Waals surface area contributed by atoms with Gasteiger partial charge in [-0.15, -0.1) is 0 Å². The third kappa shape index (κ3) is 4.32. The molecule has 1 amide bonds. The Morgan fingerprint density at radius 2 is 2.00 bits per heavy atom. The van der Waals surface area contributed by atoms with Gasteiger partial charge < -0.3 is 14.4 Å². The zero-order chi connectivity index (χ0) is 19.5. The SMILES string of the molecule is O=C(COc1ccc(Cl)cc1Cl)N1CCC(Oc2ccc3ccccc3n2)C1.